The van der Waals surface area contributed by atoms with E-state index in [1.807, 2.05) is 0 Å². The molecular formula is C24H31N5O3. The standard InChI is InChI=1S/C24H31N5O3/c1-24(32-2)7-12-29(13-8-24)22-17-14-19(21(30)6-5-11-28-9-3-4-10-28)26-16-20(17)27-23(31)18(22)15-25/h14,16H,3-13H2,1-2H3,(H,27,31). The number of nitrogens with one attached hydrogen (secondary N) is 1. The maximum Gasteiger partial charge on any atom is 0.268 e. The van der Waals surface area contributed by atoms with E-state index in [9.17, 15) is 14.9 Å². The molecule has 4 rings (SSSR count). The number of ketones is 1. The molecule has 0 saturated carbocycles. The largest absolute Gasteiger partial charge is 0.378 e. The summed E-state index contributed by atoms with van der Waals surface area (Å²) in [5, 5.41) is 10.4. The van der Waals surface area contributed by atoms with Crippen LogP contribution in [0, 0.1) is 11.3 Å². The molecule has 0 aliphatic carbocycles. The predicted molar refractivity (Wildman–Crippen MR) is 123 cm³/mol. The van der Waals surface area contributed by atoms with Gasteiger partial charge in [0.25, 0.3) is 5.56 Å². The summed E-state index contributed by atoms with van der Waals surface area (Å²) in [5.41, 5.74) is 0.961. The molecule has 2 aliphatic heterocycles. The lowest BCUT2D eigenvalue weighted by molar-refractivity contribution is -0.0132. The number of fused-ring (bicyclic) bond motifs is 1. The zero-order valence-electron chi connectivity index (χ0n) is 18.9. The smallest absolute Gasteiger partial charge is 0.268 e. The predicted octanol–water partition coefficient (Wildman–Crippen LogP) is 2.86. The Morgan fingerprint density at radius 3 is 2.66 bits per heavy atom. The highest BCUT2D eigenvalue weighted by Crippen LogP contribution is 2.33. The van der Waals surface area contributed by atoms with Gasteiger partial charge in [-0.15, -0.1) is 0 Å². The van der Waals surface area contributed by atoms with Crippen molar-refractivity contribution in [3.05, 3.63) is 33.9 Å². The van der Waals surface area contributed by atoms with Crippen molar-refractivity contribution in [1.82, 2.24) is 14.9 Å². The lowest BCUT2D eigenvalue weighted by Gasteiger charge is -2.40. The summed E-state index contributed by atoms with van der Waals surface area (Å²) in [5.74, 6) is -0.00708. The fourth-order valence-electron chi connectivity index (χ4n) is 4.77. The van der Waals surface area contributed by atoms with Gasteiger partial charge in [-0.1, -0.05) is 0 Å². The van der Waals surface area contributed by atoms with E-state index in [4.69, 9.17) is 4.74 Å². The molecule has 0 amide bonds. The average Bonchev–Trinajstić information content (AvgIpc) is 3.32. The zero-order valence-corrected chi connectivity index (χ0v) is 18.9. The molecule has 2 fully saturated rings. The summed E-state index contributed by atoms with van der Waals surface area (Å²) in [7, 11) is 1.71. The third-order valence-corrected chi connectivity index (χ3v) is 6.98. The van der Waals surface area contributed by atoms with Crippen molar-refractivity contribution < 1.29 is 9.53 Å². The Bertz CT molecular complexity index is 1090. The first-order chi connectivity index (χ1) is 15.4. The molecule has 0 radical (unpaired) electrons. The number of hydrogen-bond acceptors (Lipinski definition) is 7. The summed E-state index contributed by atoms with van der Waals surface area (Å²) < 4.78 is 5.64. The van der Waals surface area contributed by atoms with Gasteiger partial charge in [0.15, 0.2) is 5.78 Å². The summed E-state index contributed by atoms with van der Waals surface area (Å²) in [6.45, 7) is 6.58. The van der Waals surface area contributed by atoms with Crippen LogP contribution in [-0.2, 0) is 4.74 Å². The first-order valence-corrected chi connectivity index (χ1v) is 11.5. The van der Waals surface area contributed by atoms with E-state index in [-0.39, 0.29) is 16.9 Å². The number of piperidine rings is 1. The molecule has 0 atom stereocenters. The van der Waals surface area contributed by atoms with Crippen LogP contribution >= 0.6 is 0 Å². The highest BCUT2D eigenvalue weighted by atomic mass is 16.5. The number of carbonyl (C=O) groups is 1. The molecule has 170 valence electrons. The highest BCUT2D eigenvalue weighted by Gasteiger charge is 2.32. The summed E-state index contributed by atoms with van der Waals surface area (Å²) >= 11 is 0. The SMILES string of the molecule is COC1(C)CCN(c2c(C#N)c(=O)[nH]c3cnc(C(=O)CCCN4CCCC4)cc23)CC1. The Kier molecular flexibility index (Phi) is 6.58. The second-order valence-corrected chi connectivity index (χ2v) is 9.12. The van der Waals surface area contributed by atoms with Crippen molar-refractivity contribution in [2.24, 2.45) is 0 Å². The molecule has 2 aliphatic rings. The number of Topliss-reactive ketones (excluding diaryl/α,β-unsaturated/α-hetero) is 1. The van der Waals surface area contributed by atoms with Crippen molar-refractivity contribution in [3.63, 3.8) is 0 Å². The number of hydrogen-bond donors (Lipinski definition) is 1. The van der Waals surface area contributed by atoms with Gasteiger partial charge in [-0.2, -0.15) is 5.26 Å². The van der Waals surface area contributed by atoms with Crippen LogP contribution in [-0.4, -0.2) is 66.1 Å². The molecule has 0 bridgehead atoms. The van der Waals surface area contributed by atoms with Crippen molar-refractivity contribution >= 4 is 22.4 Å². The van der Waals surface area contributed by atoms with Crippen LogP contribution in [0.5, 0.6) is 0 Å². The van der Waals surface area contributed by atoms with Crippen molar-refractivity contribution in [1.29, 1.82) is 5.26 Å². The Hall–Kier alpha value is -2.76. The minimum absolute atomic E-state index is 0.00708. The van der Waals surface area contributed by atoms with Crippen LogP contribution in [0.1, 0.15) is 61.5 Å². The number of aromatic nitrogens is 2. The molecule has 8 heteroatoms. The first-order valence-electron chi connectivity index (χ1n) is 11.5. The number of methoxy groups -OCH3 is 1. The Labute approximate surface area is 188 Å². The molecule has 32 heavy (non-hydrogen) atoms. The number of likely N-dealkylation sites (tertiary alicyclic amines) is 1. The molecule has 0 aromatic carbocycles. The van der Waals surface area contributed by atoms with Crippen molar-refractivity contribution in [2.75, 3.05) is 44.7 Å². The lowest BCUT2D eigenvalue weighted by Crippen LogP contribution is -2.44. The van der Waals surface area contributed by atoms with Gasteiger partial charge in [-0.3, -0.25) is 14.6 Å². The van der Waals surface area contributed by atoms with E-state index in [2.05, 4.69) is 32.8 Å². The lowest BCUT2D eigenvalue weighted by atomic mass is 9.92. The minimum Gasteiger partial charge on any atom is -0.378 e. The fourth-order valence-corrected chi connectivity index (χ4v) is 4.77. The van der Waals surface area contributed by atoms with Crippen LogP contribution in [0.3, 0.4) is 0 Å². The van der Waals surface area contributed by atoms with Gasteiger partial charge in [-0.05, 0) is 64.7 Å². The number of anilines is 1. The summed E-state index contributed by atoms with van der Waals surface area (Å²) in [4.78, 5) is 37.0. The monoisotopic (exact) mass is 437 g/mol. The second-order valence-electron chi connectivity index (χ2n) is 9.12. The van der Waals surface area contributed by atoms with E-state index >= 15 is 0 Å². The number of carbonyl (C=O) groups excluding carboxylic acids is 1. The fraction of sp³-hybridized carbons (Fsp3) is 0.583. The quantitative estimate of drug-likeness (QED) is 0.665. The first kappa shape index (κ1) is 22.4. The van der Waals surface area contributed by atoms with E-state index in [0.717, 1.165) is 38.9 Å². The molecule has 2 aromatic heterocycles. The van der Waals surface area contributed by atoms with E-state index in [0.29, 0.717) is 41.8 Å². The van der Waals surface area contributed by atoms with Gasteiger partial charge in [0.05, 0.1) is 23.0 Å². The maximum absolute atomic E-state index is 12.8. The molecule has 0 unspecified atom stereocenters. The Morgan fingerprint density at radius 2 is 2.00 bits per heavy atom. The van der Waals surface area contributed by atoms with Crippen LogP contribution in [0.25, 0.3) is 10.9 Å². The van der Waals surface area contributed by atoms with Gasteiger partial charge in [-0.25, -0.2) is 0 Å². The zero-order chi connectivity index (χ0) is 22.7. The molecule has 2 saturated heterocycles. The molecule has 0 spiro atoms. The highest BCUT2D eigenvalue weighted by molar-refractivity contribution is 6.01. The van der Waals surface area contributed by atoms with Gasteiger partial charge in [0.1, 0.15) is 17.3 Å². The third kappa shape index (κ3) is 4.54. The van der Waals surface area contributed by atoms with Gasteiger partial charge < -0.3 is 19.5 Å². The summed E-state index contributed by atoms with van der Waals surface area (Å²) in [6, 6.07) is 3.81. The van der Waals surface area contributed by atoms with Gasteiger partial charge in [0.2, 0.25) is 0 Å². The molecule has 4 heterocycles. The average molecular weight is 438 g/mol. The third-order valence-electron chi connectivity index (χ3n) is 6.98. The number of ether oxygens (including phenoxy) is 1. The molecule has 2 aromatic rings. The summed E-state index contributed by atoms with van der Waals surface area (Å²) in [6.07, 6.45) is 6.84. The van der Waals surface area contributed by atoms with E-state index in [1.54, 1.807) is 13.2 Å². The maximum atomic E-state index is 12.8. The van der Waals surface area contributed by atoms with E-state index in [1.165, 1.54) is 19.0 Å². The minimum atomic E-state index is -0.429. The normalized spacial score (nSPS) is 18.7. The number of rotatable bonds is 7. The number of nitrogens with zero attached hydrogens (tertiary/aromatic N) is 4. The van der Waals surface area contributed by atoms with Crippen molar-refractivity contribution in [3.8, 4) is 6.07 Å². The van der Waals surface area contributed by atoms with Crippen LogP contribution in [0.2, 0.25) is 0 Å². The van der Waals surface area contributed by atoms with E-state index < -0.39 is 5.56 Å². The molecular weight excluding hydrogens is 406 g/mol. The molecule has 1 N–H and O–H groups in total. The van der Waals surface area contributed by atoms with Gasteiger partial charge in [0, 0.05) is 32.0 Å². The Morgan fingerprint density at radius 1 is 1.28 bits per heavy atom. The van der Waals surface area contributed by atoms with Crippen molar-refractivity contribution in [2.45, 2.75) is 51.0 Å². The van der Waals surface area contributed by atoms with Gasteiger partial charge >= 0.3 is 0 Å². The number of pyridine rings is 2. The number of aromatic amines is 1. The van der Waals surface area contributed by atoms with Crippen LogP contribution in [0.4, 0.5) is 5.69 Å². The topological polar surface area (TPSA) is 102 Å². The van der Waals surface area contributed by atoms with Crippen LogP contribution < -0.4 is 10.5 Å². The second kappa shape index (κ2) is 9.39. The number of nitriles is 1. The molecule has 8 nitrogen and oxygen atoms in total. The number of H-pyrrole nitrogens is 1. The Balaban J connectivity index is 1.62. The van der Waals surface area contributed by atoms with Crippen LogP contribution in [0.15, 0.2) is 17.1 Å².